The third kappa shape index (κ3) is 3.41. The number of rotatable bonds is 6. The van der Waals surface area contributed by atoms with Gasteiger partial charge in [-0.3, -0.25) is 4.79 Å². The summed E-state index contributed by atoms with van der Waals surface area (Å²) < 4.78 is 11.4. The summed E-state index contributed by atoms with van der Waals surface area (Å²) in [7, 11) is 3.26. The van der Waals surface area contributed by atoms with Gasteiger partial charge in [0.05, 0.1) is 18.1 Å². The minimum absolute atomic E-state index is 0.0165. The van der Waals surface area contributed by atoms with E-state index in [9.17, 15) is 4.79 Å². The first kappa shape index (κ1) is 19.2. The number of methoxy groups -OCH3 is 1. The quantitative estimate of drug-likeness (QED) is 0.656. The maximum Gasteiger partial charge on any atom is 0.255 e. The summed E-state index contributed by atoms with van der Waals surface area (Å²) in [6.07, 6.45) is 2.12. The van der Waals surface area contributed by atoms with Crippen LogP contribution in [0.4, 0.5) is 5.82 Å². The van der Waals surface area contributed by atoms with Crippen molar-refractivity contribution in [1.82, 2.24) is 15.3 Å². The number of aryl methyl sites for hydroxylation is 1. The summed E-state index contributed by atoms with van der Waals surface area (Å²) in [5.41, 5.74) is 1.87. The number of hydrogen-bond acceptors (Lipinski definition) is 6. The van der Waals surface area contributed by atoms with Gasteiger partial charge >= 0.3 is 0 Å². The number of furan rings is 1. The van der Waals surface area contributed by atoms with Gasteiger partial charge in [-0.25, -0.2) is 4.98 Å². The number of nitrogens with one attached hydrogen (secondary N) is 2. The highest BCUT2D eigenvalue weighted by Gasteiger charge is 2.39. The Balaban J connectivity index is 1.89. The summed E-state index contributed by atoms with van der Waals surface area (Å²) >= 11 is 0. The topological polar surface area (TPSA) is 89.3 Å². The summed E-state index contributed by atoms with van der Waals surface area (Å²) in [5, 5.41) is 6.84. The maximum atomic E-state index is 12.5. The zero-order chi connectivity index (χ0) is 20.8. The first-order valence-corrected chi connectivity index (χ1v) is 9.81. The molecular weight excluding hydrogens is 368 g/mol. The lowest BCUT2D eigenvalue weighted by Gasteiger charge is -2.18. The number of amides is 1. The van der Waals surface area contributed by atoms with Crippen LogP contribution < -0.4 is 15.4 Å². The smallest absolute Gasteiger partial charge is 0.255 e. The molecule has 7 heteroatoms. The first-order chi connectivity index (χ1) is 13.9. The molecule has 7 nitrogen and oxygen atoms in total. The van der Waals surface area contributed by atoms with Crippen LogP contribution in [0.3, 0.4) is 0 Å². The van der Waals surface area contributed by atoms with Gasteiger partial charge in [0.25, 0.3) is 5.91 Å². The van der Waals surface area contributed by atoms with Gasteiger partial charge in [0.2, 0.25) is 5.71 Å². The third-order valence-corrected chi connectivity index (χ3v) is 5.61. The number of carbonyl (C=O) groups excluding carboxylic acids is 1. The standard InChI is InChI=1S/C22H26N4O3/c1-12(14-8-6-7-9-15(14)28-5)18-24-19(26-22(3)10-11-22)17-16(20(27)23-4)13(2)29-21(17)25-18/h6-9,12H,10-11H2,1-5H3,(H,23,27)(H,24,25,26). The number of anilines is 1. The Morgan fingerprint density at radius 1 is 1.28 bits per heavy atom. The summed E-state index contributed by atoms with van der Waals surface area (Å²) in [4.78, 5) is 22.0. The molecule has 0 saturated heterocycles. The normalized spacial score (nSPS) is 15.8. The number of para-hydroxylation sites is 1. The van der Waals surface area contributed by atoms with Crippen LogP contribution in [0.25, 0.3) is 11.1 Å². The molecule has 1 aliphatic rings. The molecule has 3 aromatic rings. The summed E-state index contributed by atoms with van der Waals surface area (Å²) in [6.45, 7) is 5.96. The number of fused-ring (bicyclic) bond motifs is 1. The van der Waals surface area contributed by atoms with Gasteiger partial charge in [-0.15, -0.1) is 0 Å². The van der Waals surface area contributed by atoms with Crippen molar-refractivity contribution in [3.05, 3.63) is 47.0 Å². The SMILES string of the molecule is CNC(=O)c1c(C)oc2nc(C(C)c3ccccc3OC)nc(NC3(C)CC3)c12. The number of ether oxygens (including phenoxy) is 1. The molecule has 1 amide bonds. The molecule has 2 N–H and O–H groups in total. The number of aromatic nitrogens is 2. The fourth-order valence-corrected chi connectivity index (χ4v) is 3.57. The predicted octanol–water partition coefficient (Wildman–Crippen LogP) is 4.02. The van der Waals surface area contributed by atoms with Crippen LogP contribution in [-0.2, 0) is 0 Å². The van der Waals surface area contributed by atoms with E-state index >= 15 is 0 Å². The Morgan fingerprint density at radius 3 is 2.66 bits per heavy atom. The lowest BCUT2D eigenvalue weighted by molar-refractivity contribution is 0.0963. The molecule has 29 heavy (non-hydrogen) atoms. The number of benzene rings is 1. The van der Waals surface area contributed by atoms with E-state index in [2.05, 4.69) is 22.5 Å². The van der Waals surface area contributed by atoms with Crippen LogP contribution in [0.1, 0.15) is 60.1 Å². The Bertz CT molecular complexity index is 1090. The van der Waals surface area contributed by atoms with E-state index in [1.54, 1.807) is 21.1 Å². The highest BCUT2D eigenvalue weighted by molar-refractivity contribution is 6.10. The van der Waals surface area contributed by atoms with Crippen LogP contribution in [0.15, 0.2) is 28.7 Å². The largest absolute Gasteiger partial charge is 0.496 e. The third-order valence-electron chi connectivity index (χ3n) is 5.61. The molecule has 0 radical (unpaired) electrons. The zero-order valence-corrected chi connectivity index (χ0v) is 17.4. The molecule has 1 saturated carbocycles. The fourth-order valence-electron chi connectivity index (χ4n) is 3.57. The van der Waals surface area contributed by atoms with Crippen molar-refractivity contribution in [2.45, 2.75) is 45.1 Å². The number of carbonyl (C=O) groups is 1. The Hall–Kier alpha value is -3.09. The monoisotopic (exact) mass is 394 g/mol. The molecule has 0 spiro atoms. The minimum Gasteiger partial charge on any atom is -0.496 e. The van der Waals surface area contributed by atoms with Crippen molar-refractivity contribution in [3.8, 4) is 5.75 Å². The van der Waals surface area contributed by atoms with Crippen LogP contribution in [0, 0.1) is 6.92 Å². The van der Waals surface area contributed by atoms with E-state index in [0.29, 0.717) is 34.1 Å². The maximum absolute atomic E-state index is 12.5. The van der Waals surface area contributed by atoms with Gasteiger partial charge < -0.3 is 19.8 Å². The highest BCUT2D eigenvalue weighted by Crippen LogP contribution is 2.41. The average Bonchev–Trinajstić information content (AvgIpc) is 3.34. The molecule has 4 rings (SSSR count). The van der Waals surface area contributed by atoms with E-state index in [4.69, 9.17) is 14.1 Å². The fraction of sp³-hybridized carbons (Fsp3) is 0.409. The van der Waals surface area contributed by atoms with E-state index in [0.717, 1.165) is 24.2 Å². The van der Waals surface area contributed by atoms with Crippen LogP contribution in [0.5, 0.6) is 5.75 Å². The molecule has 152 valence electrons. The van der Waals surface area contributed by atoms with E-state index in [1.807, 2.05) is 31.2 Å². The van der Waals surface area contributed by atoms with Crippen molar-refractivity contribution in [3.63, 3.8) is 0 Å². The van der Waals surface area contributed by atoms with Crippen molar-refractivity contribution in [2.75, 3.05) is 19.5 Å². The summed E-state index contributed by atoms with van der Waals surface area (Å²) in [6, 6.07) is 7.84. The molecule has 2 heterocycles. The lowest BCUT2D eigenvalue weighted by atomic mass is 9.99. The lowest BCUT2D eigenvalue weighted by Crippen LogP contribution is -2.21. The number of nitrogens with zero attached hydrogens (tertiary/aromatic N) is 2. The second-order valence-electron chi connectivity index (χ2n) is 7.87. The molecule has 1 unspecified atom stereocenters. The predicted molar refractivity (Wildman–Crippen MR) is 112 cm³/mol. The second-order valence-corrected chi connectivity index (χ2v) is 7.87. The molecule has 1 aromatic carbocycles. The molecule has 0 aliphatic heterocycles. The molecule has 1 fully saturated rings. The van der Waals surface area contributed by atoms with Gasteiger partial charge in [-0.05, 0) is 32.8 Å². The van der Waals surface area contributed by atoms with Crippen LogP contribution in [-0.4, -0.2) is 35.6 Å². The van der Waals surface area contributed by atoms with Gasteiger partial charge in [0.1, 0.15) is 23.2 Å². The van der Waals surface area contributed by atoms with E-state index in [1.165, 1.54) is 0 Å². The van der Waals surface area contributed by atoms with Crippen molar-refractivity contribution < 1.29 is 13.9 Å². The van der Waals surface area contributed by atoms with E-state index in [-0.39, 0.29) is 17.4 Å². The van der Waals surface area contributed by atoms with Gasteiger partial charge in [0, 0.05) is 24.1 Å². The summed E-state index contributed by atoms with van der Waals surface area (Å²) in [5.74, 6) is 2.25. The minimum atomic E-state index is -0.209. The van der Waals surface area contributed by atoms with E-state index < -0.39 is 0 Å². The first-order valence-electron chi connectivity index (χ1n) is 9.81. The van der Waals surface area contributed by atoms with Crippen LogP contribution >= 0.6 is 0 Å². The van der Waals surface area contributed by atoms with Gasteiger partial charge in [-0.2, -0.15) is 4.98 Å². The van der Waals surface area contributed by atoms with Crippen molar-refractivity contribution in [2.24, 2.45) is 0 Å². The van der Waals surface area contributed by atoms with Gasteiger partial charge in [-0.1, -0.05) is 25.1 Å². The molecule has 0 bridgehead atoms. The van der Waals surface area contributed by atoms with Crippen molar-refractivity contribution >= 4 is 22.8 Å². The number of hydrogen-bond donors (Lipinski definition) is 2. The van der Waals surface area contributed by atoms with Crippen LogP contribution in [0.2, 0.25) is 0 Å². The average molecular weight is 394 g/mol. The molecule has 1 aliphatic carbocycles. The highest BCUT2D eigenvalue weighted by atomic mass is 16.5. The van der Waals surface area contributed by atoms with Crippen molar-refractivity contribution in [1.29, 1.82) is 0 Å². The molecular formula is C22H26N4O3. The molecule has 2 aromatic heterocycles. The van der Waals surface area contributed by atoms with Gasteiger partial charge in [0.15, 0.2) is 0 Å². The Kier molecular flexibility index (Phi) is 4.68. The Morgan fingerprint density at radius 2 is 2.00 bits per heavy atom. The zero-order valence-electron chi connectivity index (χ0n) is 17.4. The molecule has 1 atom stereocenters. The Labute approximate surface area is 169 Å². The second kappa shape index (κ2) is 7.06.